The van der Waals surface area contributed by atoms with Gasteiger partial charge in [-0.2, -0.15) is 4.99 Å². The fourth-order valence-electron chi connectivity index (χ4n) is 2.39. The fraction of sp³-hybridized carbons (Fsp3) is 0.417. The summed E-state index contributed by atoms with van der Waals surface area (Å²) in [5.41, 5.74) is -0.172. The molecule has 2 rings (SSSR count). The van der Waals surface area contributed by atoms with Crippen molar-refractivity contribution in [1.82, 2.24) is 0 Å². The second-order valence-electron chi connectivity index (χ2n) is 4.10. The average molecular weight is 221 g/mol. The van der Waals surface area contributed by atoms with Crippen molar-refractivity contribution in [2.45, 2.75) is 31.2 Å². The number of carbonyl (C=O) groups excluding carboxylic acids is 1. The lowest BCUT2D eigenvalue weighted by Gasteiger charge is -2.23. The van der Waals surface area contributed by atoms with Gasteiger partial charge in [-0.25, -0.2) is 9.18 Å². The van der Waals surface area contributed by atoms with Crippen molar-refractivity contribution in [3.05, 3.63) is 29.6 Å². The summed E-state index contributed by atoms with van der Waals surface area (Å²) in [4.78, 5) is 14.3. The zero-order chi connectivity index (χ0) is 11.6. The van der Waals surface area contributed by atoms with Crippen molar-refractivity contribution >= 4 is 6.08 Å². The number of nitrogens with zero attached hydrogens (tertiary/aromatic N) is 1. The van der Waals surface area contributed by atoms with Gasteiger partial charge in [-0.05, 0) is 25.0 Å². The van der Waals surface area contributed by atoms with Gasteiger partial charge in [-0.15, -0.1) is 0 Å². The molecule has 0 amide bonds. The summed E-state index contributed by atoms with van der Waals surface area (Å²) >= 11 is 0. The lowest BCUT2D eigenvalue weighted by molar-refractivity contribution is 0.405. The second kappa shape index (κ2) is 4.06. The molecule has 1 N–H and O–H groups in total. The first-order valence-electron chi connectivity index (χ1n) is 5.26. The van der Waals surface area contributed by atoms with Crippen LogP contribution in [0.2, 0.25) is 0 Å². The van der Waals surface area contributed by atoms with Crippen LogP contribution < -0.4 is 0 Å². The monoisotopic (exact) mass is 221 g/mol. The first-order chi connectivity index (χ1) is 7.68. The normalized spacial score (nSPS) is 18.1. The third kappa shape index (κ3) is 1.72. The Bertz CT molecular complexity index is 446. The number of hydrogen-bond donors (Lipinski definition) is 1. The first kappa shape index (κ1) is 10.8. The molecule has 0 heterocycles. The van der Waals surface area contributed by atoms with Crippen LogP contribution in [0.5, 0.6) is 5.75 Å². The summed E-state index contributed by atoms with van der Waals surface area (Å²) in [6.45, 7) is 0. The Hall–Kier alpha value is -1.67. The Morgan fingerprint density at radius 2 is 2.06 bits per heavy atom. The third-order valence-corrected chi connectivity index (χ3v) is 3.15. The van der Waals surface area contributed by atoms with Gasteiger partial charge in [0, 0.05) is 11.6 Å². The molecular weight excluding hydrogens is 209 g/mol. The minimum absolute atomic E-state index is 0.138. The summed E-state index contributed by atoms with van der Waals surface area (Å²) < 4.78 is 12.9. The first-order valence-corrected chi connectivity index (χ1v) is 5.26. The lowest BCUT2D eigenvalue weighted by Crippen LogP contribution is -2.19. The quantitative estimate of drug-likeness (QED) is 0.616. The molecule has 0 aromatic heterocycles. The Balaban J connectivity index is 2.51. The van der Waals surface area contributed by atoms with Crippen molar-refractivity contribution in [3.8, 4) is 5.75 Å². The van der Waals surface area contributed by atoms with Gasteiger partial charge >= 0.3 is 0 Å². The van der Waals surface area contributed by atoms with E-state index in [9.17, 15) is 14.3 Å². The predicted octanol–water partition coefficient (Wildman–Crippen LogP) is 2.64. The van der Waals surface area contributed by atoms with Crippen LogP contribution >= 0.6 is 0 Å². The molecule has 84 valence electrons. The van der Waals surface area contributed by atoms with Crippen molar-refractivity contribution in [1.29, 1.82) is 0 Å². The molecule has 4 heteroatoms. The van der Waals surface area contributed by atoms with E-state index in [0.717, 1.165) is 18.9 Å². The number of phenols is 1. The number of phenolic OH excluding ortho intramolecular Hbond substituents is 1. The molecule has 3 nitrogen and oxygen atoms in total. The van der Waals surface area contributed by atoms with Crippen LogP contribution in [0.15, 0.2) is 23.2 Å². The number of halogens is 1. The highest BCUT2D eigenvalue weighted by atomic mass is 19.1. The molecule has 16 heavy (non-hydrogen) atoms. The maximum absolute atomic E-state index is 12.9. The van der Waals surface area contributed by atoms with E-state index in [2.05, 4.69) is 4.99 Å². The fourth-order valence-corrected chi connectivity index (χ4v) is 2.39. The molecular formula is C12H12FNO2. The van der Waals surface area contributed by atoms with Gasteiger partial charge in [-0.3, -0.25) is 0 Å². The second-order valence-corrected chi connectivity index (χ2v) is 4.10. The summed E-state index contributed by atoms with van der Waals surface area (Å²) in [5, 5.41) is 9.71. The van der Waals surface area contributed by atoms with E-state index in [0.29, 0.717) is 18.4 Å². The molecule has 1 saturated carbocycles. The van der Waals surface area contributed by atoms with E-state index < -0.39 is 11.4 Å². The van der Waals surface area contributed by atoms with Gasteiger partial charge in [0.15, 0.2) is 0 Å². The van der Waals surface area contributed by atoms with Crippen molar-refractivity contribution < 1.29 is 14.3 Å². The standard InChI is InChI=1S/C12H12FNO2/c13-9-3-4-10(11(16)7-9)12(14-8-15)5-1-2-6-12/h3-4,7,16H,1-2,5-6H2. The van der Waals surface area contributed by atoms with Crippen LogP contribution in [0.4, 0.5) is 4.39 Å². The zero-order valence-electron chi connectivity index (χ0n) is 8.74. The van der Waals surface area contributed by atoms with Crippen molar-refractivity contribution in [2.75, 3.05) is 0 Å². The number of hydrogen-bond acceptors (Lipinski definition) is 3. The number of aromatic hydroxyl groups is 1. The average Bonchev–Trinajstić information content (AvgIpc) is 2.67. The van der Waals surface area contributed by atoms with Crippen LogP contribution in [0, 0.1) is 5.82 Å². The van der Waals surface area contributed by atoms with E-state index in [4.69, 9.17) is 0 Å². The van der Waals surface area contributed by atoms with Crippen LogP contribution in [0.25, 0.3) is 0 Å². The van der Waals surface area contributed by atoms with Crippen molar-refractivity contribution in [3.63, 3.8) is 0 Å². The molecule has 1 aromatic carbocycles. The highest BCUT2D eigenvalue weighted by Gasteiger charge is 2.37. The zero-order valence-corrected chi connectivity index (χ0v) is 8.74. The van der Waals surface area contributed by atoms with Gasteiger partial charge < -0.3 is 5.11 Å². The minimum Gasteiger partial charge on any atom is -0.507 e. The third-order valence-electron chi connectivity index (χ3n) is 3.15. The predicted molar refractivity (Wildman–Crippen MR) is 56.3 cm³/mol. The van der Waals surface area contributed by atoms with E-state index >= 15 is 0 Å². The summed E-state index contributed by atoms with van der Waals surface area (Å²) in [6.07, 6.45) is 4.85. The number of isocyanates is 1. The van der Waals surface area contributed by atoms with Gasteiger partial charge in [0.2, 0.25) is 6.08 Å². The molecule has 0 unspecified atom stereocenters. The number of rotatable bonds is 2. The van der Waals surface area contributed by atoms with Gasteiger partial charge in [0.25, 0.3) is 0 Å². The van der Waals surface area contributed by atoms with E-state index in [1.165, 1.54) is 12.1 Å². The molecule has 0 atom stereocenters. The maximum Gasteiger partial charge on any atom is 0.235 e. The Morgan fingerprint density at radius 3 is 2.62 bits per heavy atom. The lowest BCUT2D eigenvalue weighted by atomic mass is 9.88. The largest absolute Gasteiger partial charge is 0.507 e. The molecule has 1 fully saturated rings. The van der Waals surface area contributed by atoms with Crippen LogP contribution in [-0.4, -0.2) is 11.2 Å². The molecule has 0 aliphatic heterocycles. The molecule has 0 radical (unpaired) electrons. The molecule has 0 saturated heterocycles. The number of aliphatic imine (C=N–C) groups is 1. The molecule has 1 aliphatic rings. The number of benzene rings is 1. The minimum atomic E-state index is -0.695. The van der Waals surface area contributed by atoms with Gasteiger partial charge in [0.05, 0.1) is 0 Å². The highest BCUT2D eigenvalue weighted by molar-refractivity contribution is 5.44. The maximum atomic E-state index is 12.9. The van der Waals surface area contributed by atoms with Crippen LogP contribution in [0.1, 0.15) is 31.2 Å². The van der Waals surface area contributed by atoms with E-state index in [-0.39, 0.29) is 5.75 Å². The Morgan fingerprint density at radius 1 is 1.38 bits per heavy atom. The van der Waals surface area contributed by atoms with Crippen molar-refractivity contribution in [2.24, 2.45) is 4.99 Å². The SMILES string of the molecule is O=C=NC1(c2ccc(F)cc2O)CCCC1. The van der Waals surface area contributed by atoms with E-state index in [1.807, 2.05) is 0 Å². The summed E-state index contributed by atoms with van der Waals surface area (Å²) in [5.74, 6) is -0.634. The van der Waals surface area contributed by atoms with E-state index in [1.54, 1.807) is 6.08 Å². The summed E-state index contributed by atoms with van der Waals surface area (Å²) in [7, 11) is 0. The smallest absolute Gasteiger partial charge is 0.235 e. The summed E-state index contributed by atoms with van der Waals surface area (Å²) in [6, 6.07) is 3.82. The van der Waals surface area contributed by atoms with Crippen LogP contribution in [-0.2, 0) is 10.3 Å². The van der Waals surface area contributed by atoms with Crippen LogP contribution in [0.3, 0.4) is 0 Å². The van der Waals surface area contributed by atoms with Gasteiger partial charge in [0.1, 0.15) is 17.1 Å². The molecule has 1 aromatic rings. The topological polar surface area (TPSA) is 49.7 Å². The van der Waals surface area contributed by atoms with Gasteiger partial charge in [-0.1, -0.05) is 12.8 Å². The highest BCUT2D eigenvalue weighted by Crippen LogP contribution is 2.45. The molecule has 0 spiro atoms. The Kier molecular flexibility index (Phi) is 2.75. The molecule has 0 bridgehead atoms. The molecule has 1 aliphatic carbocycles. The Labute approximate surface area is 92.6 Å².